The average molecular weight is 335 g/mol. The Morgan fingerprint density at radius 3 is 2.48 bits per heavy atom. The Morgan fingerprint density at radius 1 is 1.29 bits per heavy atom. The maximum atomic E-state index is 12.2. The van der Waals surface area contributed by atoms with Crippen molar-refractivity contribution < 1.29 is 4.79 Å². The number of rotatable bonds is 4. The molecule has 5 nitrogen and oxygen atoms in total. The Kier molecular flexibility index (Phi) is 9.49. The first-order valence-electron chi connectivity index (χ1n) is 6.93. The van der Waals surface area contributed by atoms with Crippen molar-refractivity contribution >= 4 is 30.7 Å². The van der Waals surface area contributed by atoms with Crippen molar-refractivity contribution in [2.45, 2.75) is 26.2 Å². The van der Waals surface area contributed by atoms with Crippen LogP contribution in [0.4, 0.5) is 0 Å². The number of aryl methyl sites for hydroxylation is 1. The van der Waals surface area contributed by atoms with Crippen LogP contribution >= 0.6 is 24.8 Å². The van der Waals surface area contributed by atoms with Gasteiger partial charge < -0.3 is 10.2 Å². The lowest BCUT2D eigenvalue weighted by atomic mass is 9.93. The number of nitrogens with zero attached hydrogens (tertiary/aromatic N) is 3. The van der Waals surface area contributed by atoms with Crippen LogP contribution in [0, 0.1) is 12.8 Å². The highest BCUT2D eigenvalue weighted by Crippen LogP contribution is 2.20. The first kappa shape index (κ1) is 20.1. The largest absolute Gasteiger partial charge is 0.337 e. The van der Waals surface area contributed by atoms with E-state index in [1.807, 2.05) is 18.9 Å². The van der Waals surface area contributed by atoms with Crippen LogP contribution in [0.15, 0.2) is 12.4 Å². The van der Waals surface area contributed by atoms with Crippen LogP contribution in [-0.4, -0.2) is 47.5 Å². The molecule has 0 radical (unpaired) electrons. The molecule has 1 fully saturated rings. The van der Waals surface area contributed by atoms with E-state index in [0.717, 1.165) is 44.1 Å². The summed E-state index contributed by atoms with van der Waals surface area (Å²) in [6, 6.07) is 0. The quantitative estimate of drug-likeness (QED) is 0.915. The smallest absolute Gasteiger partial charge is 0.274 e. The summed E-state index contributed by atoms with van der Waals surface area (Å²) in [5.41, 5.74) is 1.29. The highest BCUT2D eigenvalue weighted by Gasteiger charge is 2.24. The predicted molar refractivity (Wildman–Crippen MR) is 88.4 cm³/mol. The number of hydrogen-bond donors (Lipinski definition) is 1. The van der Waals surface area contributed by atoms with Gasteiger partial charge in [-0.2, -0.15) is 0 Å². The Hall–Kier alpha value is -0.910. The second-order valence-electron chi connectivity index (χ2n) is 5.17. The first-order chi connectivity index (χ1) is 9.20. The van der Waals surface area contributed by atoms with Crippen LogP contribution in [0.5, 0.6) is 0 Å². The summed E-state index contributed by atoms with van der Waals surface area (Å²) in [4.78, 5) is 22.4. The number of aromatic nitrogens is 2. The van der Waals surface area contributed by atoms with Gasteiger partial charge in [-0.3, -0.25) is 9.78 Å². The standard InChI is InChI=1S/C14H22N4O.2ClH/c1-11-9-17-13(10-16-11)14(19)18-7-4-12(5-8-18)3-6-15-2;;/h9-10,12,15H,3-8H2,1-2H3;2*1H. The van der Waals surface area contributed by atoms with E-state index in [1.54, 1.807) is 12.4 Å². The average Bonchev–Trinajstić information content (AvgIpc) is 2.46. The van der Waals surface area contributed by atoms with Gasteiger partial charge in [-0.1, -0.05) is 0 Å². The summed E-state index contributed by atoms with van der Waals surface area (Å²) < 4.78 is 0. The summed E-state index contributed by atoms with van der Waals surface area (Å²) in [5, 5.41) is 3.18. The zero-order chi connectivity index (χ0) is 13.7. The van der Waals surface area contributed by atoms with Gasteiger partial charge in [0, 0.05) is 19.3 Å². The lowest BCUT2D eigenvalue weighted by Gasteiger charge is -2.31. The number of carbonyl (C=O) groups excluding carboxylic acids is 1. The zero-order valence-electron chi connectivity index (χ0n) is 12.5. The molecule has 1 aromatic rings. The van der Waals surface area contributed by atoms with Crippen molar-refractivity contribution in [3.05, 3.63) is 23.8 Å². The molecule has 1 aliphatic heterocycles. The minimum atomic E-state index is 0. The molecule has 21 heavy (non-hydrogen) atoms. The molecule has 0 aromatic carbocycles. The number of nitrogens with one attached hydrogen (secondary N) is 1. The molecule has 1 N–H and O–H groups in total. The van der Waals surface area contributed by atoms with Crippen molar-refractivity contribution in [1.29, 1.82) is 0 Å². The van der Waals surface area contributed by atoms with E-state index in [-0.39, 0.29) is 30.7 Å². The third kappa shape index (κ3) is 5.77. The van der Waals surface area contributed by atoms with Crippen LogP contribution < -0.4 is 5.32 Å². The molecule has 0 bridgehead atoms. The van der Waals surface area contributed by atoms with Crippen molar-refractivity contribution in [2.75, 3.05) is 26.7 Å². The Balaban J connectivity index is 0.00000200. The number of carbonyl (C=O) groups is 1. The minimum absolute atomic E-state index is 0. The molecule has 0 saturated carbocycles. The highest BCUT2D eigenvalue weighted by molar-refractivity contribution is 5.92. The topological polar surface area (TPSA) is 58.1 Å². The van der Waals surface area contributed by atoms with Gasteiger partial charge in [0.1, 0.15) is 5.69 Å². The van der Waals surface area contributed by atoms with E-state index in [9.17, 15) is 4.79 Å². The molecule has 120 valence electrons. The van der Waals surface area contributed by atoms with Crippen molar-refractivity contribution in [3.8, 4) is 0 Å². The lowest BCUT2D eigenvalue weighted by Crippen LogP contribution is -2.39. The normalized spacial score (nSPS) is 15.0. The van der Waals surface area contributed by atoms with E-state index in [0.29, 0.717) is 5.69 Å². The second-order valence-corrected chi connectivity index (χ2v) is 5.17. The molecule has 0 unspecified atom stereocenters. The summed E-state index contributed by atoms with van der Waals surface area (Å²) in [6.07, 6.45) is 6.60. The SMILES string of the molecule is CNCCC1CCN(C(=O)c2cnc(C)cn2)CC1.Cl.Cl. The van der Waals surface area contributed by atoms with Gasteiger partial charge in [-0.15, -0.1) is 24.8 Å². The molecule has 1 aromatic heterocycles. The number of halogens is 2. The minimum Gasteiger partial charge on any atom is -0.337 e. The van der Waals surface area contributed by atoms with Crippen LogP contribution in [0.2, 0.25) is 0 Å². The summed E-state index contributed by atoms with van der Waals surface area (Å²) in [6.45, 7) is 4.60. The molecule has 0 spiro atoms. The molecule has 7 heteroatoms. The predicted octanol–water partition coefficient (Wildman–Crippen LogP) is 2.09. The monoisotopic (exact) mass is 334 g/mol. The maximum absolute atomic E-state index is 12.2. The lowest BCUT2D eigenvalue weighted by molar-refractivity contribution is 0.0680. The highest BCUT2D eigenvalue weighted by atomic mass is 35.5. The van der Waals surface area contributed by atoms with Crippen molar-refractivity contribution in [1.82, 2.24) is 20.2 Å². The maximum Gasteiger partial charge on any atom is 0.274 e. The van der Waals surface area contributed by atoms with Crippen LogP contribution in [0.1, 0.15) is 35.4 Å². The van der Waals surface area contributed by atoms with E-state index in [2.05, 4.69) is 15.3 Å². The van der Waals surface area contributed by atoms with E-state index in [4.69, 9.17) is 0 Å². The second kappa shape index (κ2) is 9.92. The fourth-order valence-electron chi connectivity index (χ4n) is 2.44. The van der Waals surface area contributed by atoms with Gasteiger partial charge in [0.2, 0.25) is 0 Å². The Labute approximate surface area is 138 Å². The molecular weight excluding hydrogens is 311 g/mol. The van der Waals surface area contributed by atoms with Crippen LogP contribution in [-0.2, 0) is 0 Å². The summed E-state index contributed by atoms with van der Waals surface area (Å²) in [5.74, 6) is 0.750. The molecule has 1 saturated heterocycles. The molecule has 2 rings (SSSR count). The fraction of sp³-hybridized carbons (Fsp3) is 0.643. The number of hydrogen-bond acceptors (Lipinski definition) is 4. The molecule has 1 aliphatic rings. The van der Waals surface area contributed by atoms with Crippen molar-refractivity contribution in [2.24, 2.45) is 5.92 Å². The van der Waals surface area contributed by atoms with Gasteiger partial charge in [0.15, 0.2) is 0 Å². The van der Waals surface area contributed by atoms with Crippen molar-refractivity contribution in [3.63, 3.8) is 0 Å². The Morgan fingerprint density at radius 2 is 1.95 bits per heavy atom. The molecule has 0 aliphatic carbocycles. The van der Waals surface area contributed by atoms with E-state index >= 15 is 0 Å². The van der Waals surface area contributed by atoms with Crippen LogP contribution in [0.25, 0.3) is 0 Å². The van der Waals surface area contributed by atoms with E-state index < -0.39 is 0 Å². The van der Waals surface area contributed by atoms with Crippen LogP contribution in [0.3, 0.4) is 0 Å². The number of piperidine rings is 1. The third-order valence-electron chi connectivity index (χ3n) is 3.70. The van der Waals surface area contributed by atoms with Gasteiger partial charge in [-0.05, 0) is 45.7 Å². The first-order valence-corrected chi connectivity index (χ1v) is 6.93. The summed E-state index contributed by atoms with van der Waals surface area (Å²) >= 11 is 0. The van der Waals surface area contributed by atoms with Gasteiger partial charge in [0.05, 0.1) is 11.9 Å². The van der Waals surface area contributed by atoms with E-state index in [1.165, 1.54) is 6.42 Å². The number of likely N-dealkylation sites (tertiary alicyclic amines) is 1. The zero-order valence-corrected chi connectivity index (χ0v) is 14.2. The number of amides is 1. The Bertz CT molecular complexity index is 419. The molecular formula is C14H24Cl2N4O. The molecule has 0 atom stereocenters. The molecule has 2 heterocycles. The van der Waals surface area contributed by atoms with Gasteiger partial charge in [0.25, 0.3) is 5.91 Å². The van der Waals surface area contributed by atoms with Gasteiger partial charge in [-0.25, -0.2) is 4.98 Å². The fourth-order valence-corrected chi connectivity index (χ4v) is 2.44. The summed E-state index contributed by atoms with van der Waals surface area (Å²) in [7, 11) is 1.98. The molecule has 1 amide bonds. The van der Waals surface area contributed by atoms with Gasteiger partial charge >= 0.3 is 0 Å². The third-order valence-corrected chi connectivity index (χ3v) is 3.70.